The van der Waals surface area contributed by atoms with Crippen LogP contribution in [0.4, 0.5) is 0 Å². The van der Waals surface area contributed by atoms with Crippen LogP contribution >= 0.6 is 11.8 Å². The standard InChI is InChI=1S/C10H15NO4S/c1-10(2)6(9(14)15-3)11-7(13)5(4-12)8(11)16-10/h5-6,8,12H,4H2,1-3H3/t5-,6+,8-/m1/s1. The average Bonchev–Trinajstić information content (AvgIpc) is 2.47. The van der Waals surface area contributed by atoms with Gasteiger partial charge in [0.05, 0.1) is 25.0 Å². The van der Waals surface area contributed by atoms with Gasteiger partial charge in [0.15, 0.2) is 0 Å². The second-order valence-corrected chi connectivity index (χ2v) is 6.34. The monoisotopic (exact) mass is 245 g/mol. The van der Waals surface area contributed by atoms with Crippen LogP contribution in [0.5, 0.6) is 0 Å². The smallest absolute Gasteiger partial charge is 0.330 e. The summed E-state index contributed by atoms with van der Waals surface area (Å²) in [6, 6.07) is -0.539. The van der Waals surface area contributed by atoms with E-state index < -0.39 is 6.04 Å². The zero-order chi connectivity index (χ0) is 12.1. The first-order valence-corrected chi connectivity index (χ1v) is 6.00. The number of rotatable bonds is 2. The van der Waals surface area contributed by atoms with Crippen molar-refractivity contribution >= 4 is 23.6 Å². The lowest BCUT2D eigenvalue weighted by atomic mass is 9.92. The van der Waals surface area contributed by atoms with E-state index in [9.17, 15) is 9.59 Å². The Bertz CT molecular complexity index is 344. The maximum Gasteiger partial charge on any atom is 0.330 e. The zero-order valence-electron chi connectivity index (χ0n) is 9.47. The van der Waals surface area contributed by atoms with Crippen molar-refractivity contribution in [3.05, 3.63) is 0 Å². The highest BCUT2D eigenvalue weighted by Gasteiger charge is 2.63. The number of carbonyl (C=O) groups excluding carboxylic acids is 2. The third-order valence-corrected chi connectivity index (χ3v) is 4.80. The normalized spacial score (nSPS) is 35.6. The van der Waals surface area contributed by atoms with Crippen molar-refractivity contribution < 1.29 is 19.4 Å². The molecule has 1 amide bonds. The van der Waals surface area contributed by atoms with Crippen LogP contribution in [0.15, 0.2) is 0 Å². The SMILES string of the molecule is COC(=O)[C@@H]1N2C(=O)[C@@H](CO)[C@H]2SC1(C)C. The molecule has 0 radical (unpaired) electrons. The molecule has 0 aromatic heterocycles. The molecule has 2 aliphatic heterocycles. The van der Waals surface area contributed by atoms with Gasteiger partial charge in [-0.05, 0) is 13.8 Å². The Labute approximate surface area is 98.1 Å². The van der Waals surface area contributed by atoms with Crippen LogP contribution < -0.4 is 0 Å². The number of hydrogen-bond acceptors (Lipinski definition) is 5. The van der Waals surface area contributed by atoms with Gasteiger partial charge in [-0.15, -0.1) is 11.8 Å². The lowest BCUT2D eigenvalue weighted by Crippen LogP contribution is -2.63. The van der Waals surface area contributed by atoms with Gasteiger partial charge < -0.3 is 14.7 Å². The Hall–Kier alpha value is -0.750. The Balaban J connectivity index is 2.26. The van der Waals surface area contributed by atoms with Crippen LogP contribution in [0, 0.1) is 5.92 Å². The number of hydrogen-bond donors (Lipinski definition) is 1. The molecule has 2 saturated heterocycles. The summed E-state index contributed by atoms with van der Waals surface area (Å²) in [6.07, 6.45) is 0. The highest BCUT2D eigenvalue weighted by Crippen LogP contribution is 2.53. The van der Waals surface area contributed by atoms with Crippen LogP contribution in [0.25, 0.3) is 0 Å². The maximum atomic E-state index is 11.7. The molecule has 2 rings (SSSR count). The summed E-state index contributed by atoms with van der Waals surface area (Å²) in [6.45, 7) is 3.68. The largest absolute Gasteiger partial charge is 0.467 e. The lowest BCUT2D eigenvalue weighted by molar-refractivity contribution is -0.166. The highest BCUT2D eigenvalue weighted by atomic mass is 32.2. The Morgan fingerprint density at radius 2 is 2.25 bits per heavy atom. The molecule has 0 bridgehead atoms. The molecule has 0 aliphatic carbocycles. The summed E-state index contributed by atoms with van der Waals surface area (Å²) in [5.74, 6) is -0.898. The lowest BCUT2D eigenvalue weighted by Gasteiger charge is -2.43. The first-order chi connectivity index (χ1) is 7.44. The number of methoxy groups -OCH3 is 1. The molecule has 0 aromatic carbocycles. The van der Waals surface area contributed by atoms with Crippen LogP contribution in [0.2, 0.25) is 0 Å². The van der Waals surface area contributed by atoms with Crippen molar-refractivity contribution in [1.29, 1.82) is 0 Å². The number of ether oxygens (including phenoxy) is 1. The number of fused-ring (bicyclic) bond motifs is 1. The van der Waals surface area contributed by atoms with E-state index in [4.69, 9.17) is 9.84 Å². The first-order valence-electron chi connectivity index (χ1n) is 5.12. The molecule has 0 unspecified atom stereocenters. The van der Waals surface area contributed by atoms with E-state index in [0.717, 1.165) is 0 Å². The van der Waals surface area contributed by atoms with Crippen LogP contribution in [-0.2, 0) is 14.3 Å². The quantitative estimate of drug-likeness (QED) is 0.540. The minimum atomic E-state index is -0.539. The number of carbonyl (C=O) groups is 2. The number of aliphatic hydroxyl groups is 1. The summed E-state index contributed by atoms with van der Waals surface area (Å²) >= 11 is 1.55. The fraction of sp³-hybridized carbons (Fsp3) is 0.800. The fourth-order valence-electron chi connectivity index (χ4n) is 2.35. The molecule has 90 valence electrons. The van der Waals surface area contributed by atoms with Gasteiger partial charge in [-0.3, -0.25) is 4.79 Å². The molecule has 2 heterocycles. The molecular formula is C10H15NO4S. The summed E-state index contributed by atoms with van der Waals surface area (Å²) in [4.78, 5) is 24.9. The number of amides is 1. The van der Waals surface area contributed by atoms with E-state index in [1.807, 2.05) is 13.8 Å². The maximum absolute atomic E-state index is 11.7. The van der Waals surface area contributed by atoms with Gasteiger partial charge in [0.25, 0.3) is 0 Å². The summed E-state index contributed by atoms with van der Waals surface area (Å²) in [7, 11) is 1.32. The zero-order valence-corrected chi connectivity index (χ0v) is 10.3. The van der Waals surface area contributed by atoms with Crippen molar-refractivity contribution in [1.82, 2.24) is 4.90 Å². The molecule has 0 spiro atoms. The summed E-state index contributed by atoms with van der Waals surface area (Å²) in [5, 5.41) is 8.99. The summed E-state index contributed by atoms with van der Waals surface area (Å²) < 4.78 is 4.37. The van der Waals surface area contributed by atoms with Crippen molar-refractivity contribution in [3.63, 3.8) is 0 Å². The second kappa shape index (κ2) is 3.63. The Morgan fingerprint density at radius 1 is 1.62 bits per heavy atom. The molecule has 0 saturated carbocycles. The van der Waals surface area contributed by atoms with Crippen molar-refractivity contribution in [2.45, 2.75) is 30.0 Å². The van der Waals surface area contributed by atoms with Gasteiger partial charge in [0.1, 0.15) is 6.04 Å². The van der Waals surface area contributed by atoms with E-state index in [2.05, 4.69) is 0 Å². The predicted octanol–water partition coefficient (Wildman–Crippen LogP) is -0.170. The molecule has 16 heavy (non-hydrogen) atoms. The second-order valence-electron chi connectivity index (χ2n) is 4.57. The fourth-order valence-corrected chi connectivity index (χ4v) is 4.02. The third kappa shape index (κ3) is 1.36. The minimum absolute atomic E-state index is 0.0865. The van der Waals surface area contributed by atoms with Crippen molar-refractivity contribution in [3.8, 4) is 0 Å². The van der Waals surface area contributed by atoms with Crippen molar-refractivity contribution in [2.24, 2.45) is 5.92 Å². The third-order valence-electron chi connectivity index (χ3n) is 3.17. The number of aliphatic hydroxyl groups excluding tert-OH is 1. The van der Waals surface area contributed by atoms with Gasteiger partial charge in [-0.25, -0.2) is 4.79 Å². The van der Waals surface area contributed by atoms with Gasteiger partial charge in [0, 0.05) is 4.75 Å². The van der Waals surface area contributed by atoms with E-state index in [1.165, 1.54) is 12.0 Å². The number of esters is 1. The average molecular weight is 245 g/mol. The van der Waals surface area contributed by atoms with Gasteiger partial charge in [0.2, 0.25) is 5.91 Å². The molecular weight excluding hydrogens is 230 g/mol. The van der Waals surface area contributed by atoms with Crippen molar-refractivity contribution in [2.75, 3.05) is 13.7 Å². The Kier molecular flexibility index (Phi) is 2.66. The topological polar surface area (TPSA) is 66.8 Å². The molecule has 2 aliphatic rings. The predicted molar refractivity (Wildman–Crippen MR) is 58.7 cm³/mol. The highest BCUT2D eigenvalue weighted by molar-refractivity contribution is 8.01. The number of β-lactam (4-membered cyclic amide) rings is 1. The van der Waals surface area contributed by atoms with E-state index >= 15 is 0 Å². The van der Waals surface area contributed by atoms with Crippen LogP contribution in [0.3, 0.4) is 0 Å². The van der Waals surface area contributed by atoms with Crippen LogP contribution in [-0.4, -0.2) is 51.8 Å². The molecule has 6 heteroatoms. The summed E-state index contributed by atoms with van der Waals surface area (Å²) in [5.41, 5.74) is 0. The van der Waals surface area contributed by atoms with Gasteiger partial charge >= 0.3 is 5.97 Å². The molecule has 3 atom stereocenters. The van der Waals surface area contributed by atoms with Gasteiger partial charge in [-0.1, -0.05) is 0 Å². The molecule has 2 fully saturated rings. The van der Waals surface area contributed by atoms with Crippen LogP contribution in [0.1, 0.15) is 13.8 Å². The molecule has 0 aromatic rings. The minimum Gasteiger partial charge on any atom is -0.467 e. The number of nitrogens with zero attached hydrogens (tertiary/aromatic N) is 1. The Morgan fingerprint density at radius 3 is 2.75 bits per heavy atom. The molecule has 5 nitrogen and oxygen atoms in total. The first kappa shape index (κ1) is 11.7. The van der Waals surface area contributed by atoms with E-state index in [1.54, 1.807) is 11.8 Å². The molecule has 1 N–H and O–H groups in total. The van der Waals surface area contributed by atoms with E-state index in [0.29, 0.717) is 0 Å². The van der Waals surface area contributed by atoms with Gasteiger partial charge in [-0.2, -0.15) is 0 Å². The van der Waals surface area contributed by atoms with E-state index in [-0.39, 0.29) is 34.5 Å². The number of thioether (sulfide) groups is 1.